The second-order valence-corrected chi connectivity index (χ2v) is 7.20. The Hall–Kier alpha value is -2.04. The Morgan fingerprint density at radius 1 is 1.45 bits per heavy atom. The number of hydrogen-bond donors (Lipinski definition) is 2. The Labute approximate surface area is 129 Å². The summed E-state index contributed by atoms with van der Waals surface area (Å²) < 4.78 is 27.8. The van der Waals surface area contributed by atoms with Crippen LogP contribution in [0.25, 0.3) is 10.2 Å². The van der Waals surface area contributed by atoms with Crippen LogP contribution in [0.15, 0.2) is 33.8 Å². The summed E-state index contributed by atoms with van der Waals surface area (Å²) in [6.45, 7) is 2.01. The fourth-order valence-electron chi connectivity index (χ4n) is 2.07. The minimum atomic E-state index is -3.65. The predicted octanol–water partition coefficient (Wildman–Crippen LogP) is 0.468. The monoisotopic (exact) mass is 339 g/mol. The number of sulfonamides is 1. The van der Waals surface area contributed by atoms with Crippen LogP contribution in [0.2, 0.25) is 0 Å². The molecule has 0 aliphatic carbocycles. The maximum Gasteiger partial charge on any atom is 0.262 e. The Bertz CT molecular complexity index is 956. The largest absolute Gasteiger partial charge is 0.335 e. The number of aromatic nitrogens is 4. The minimum absolute atomic E-state index is 0.0111. The van der Waals surface area contributed by atoms with Crippen LogP contribution in [0, 0.1) is 6.92 Å². The van der Waals surface area contributed by atoms with Crippen LogP contribution in [0.4, 0.5) is 0 Å². The predicted molar refractivity (Wildman–Crippen MR) is 82.4 cm³/mol. The second kappa shape index (κ2) is 5.63. The van der Waals surface area contributed by atoms with Crippen molar-refractivity contribution in [2.24, 2.45) is 0 Å². The minimum Gasteiger partial charge on any atom is -0.335 e. The van der Waals surface area contributed by atoms with Crippen molar-refractivity contribution in [1.82, 2.24) is 24.2 Å². The molecular formula is C12H13N5O3S2. The van der Waals surface area contributed by atoms with E-state index in [2.05, 4.69) is 19.7 Å². The van der Waals surface area contributed by atoms with Crippen LogP contribution in [0.1, 0.15) is 5.82 Å². The van der Waals surface area contributed by atoms with Crippen LogP contribution in [0.5, 0.6) is 0 Å². The van der Waals surface area contributed by atoms with Crippen molar-refractivity contribution in [3.63, 3.8) is 0 Å². The number of aromatic amines is 1. The van der Waals surface area contributed by atoms with Gasteiger partial charge in [0.2, 0.25) is 0 Å². The Morgan fingerprint density at radius 2 is 2.27 bits per heavy atom. The number of aryl methyl sites for hydroxylation is 1. The van der Waals surface area contributed by atoms with Gasteiger partial charge in [-0.15, -0.1) is 11.3 Å². The van der Waals surface area contributed by atoms with Crippen molar-refractivity contribution in [1.29, 1.82) is 0 Å². The quantitative estimate of drug-likeness (QED) is 0.702. The van der Waals surface area contributed by atoms with Gasteiger partial charge in [-0.25, -0.2) is 23.1 Å². The summed E-state index contributed by atoms with van der Waals surface area (Å²) in [5.74, 6) is 0.556. The zero-order valence-corrected chi connectivity index (χ0v) is 13.2. The third kappa shape index (κ3) is 2.67. The fourth-order valence-corrected chi connectivity index (χ4v) is 3.80. The van der Waals surface area contributed by atoms with E-state index < -0.39 is 10.0 Å². The van der Waals surface area contributed by atoms with Gasteiger partial charge in [-0.1, -0.05) is 0 Å². The summed E-state index contributed by atoms with van der Waals surface area (Å²) in [5.41, 5.74) is -0.163. The molecule has 0 amide bonds. The zero-order chi connectivity index (χ0) is 15.7. The van der Waals surface area contributed by atoms with E-state index in [1.165, 1.54) is 28.4 Å². The SMILES string of the molecule is Cc1nc2sccc2c(=O)n1CCNS(=O)(=O)c1cnc[nH]1. The lowest BCUT2D eigenvalue weighted by Gasteiger charge is -2.10. The molecule has 0 fully saturated rings. The van der Waals surface area contributed by atoms with Crippen LogP contribution >= 0.6 is 11.3 Å². The lowest BCUT2D eigenvalue weighted by atomic mass is 10.4. The molecule has 0 atom stereocenters. The van der Waals surface area contributed by atoms with Crippen molar-refractivity contribution in [3.05, 3.63) is 40.1 Å². The Morgan fingerprint density at radius 3 is 3.00 bits per heavy atom. The number of hydrogen-bond acceptors (Lipinski definition) is 6. The molecule has 116 valence electrons. The number of rotatable bonds is 5. The summed E-state index contributed by atoms with van der Waals surface area (Å²) in [5, 5.41) is 2.35. The van der Waals surface area contributed by atoms with Crippen molar-refractivity contribution in [3.8, 4) is 0 Å². The number of H-pyrrole nitrogens is 1. The molecule has 0 radical (unpaired) electrons. The number of thiophene rings is 1. The van der Waals surface area contributed by atoms with E-state index in [4.69, 9.17) is 0 Å². The summed E-state index contributed by atoms with van der Waals surface area (Å²) in [7, 11) is -3.65. The van der Waals surface area contributed by atoms with Gasteiger partial charge in [0.05, 0.1) is 17.9 Å². The highest BCUT2D eigenvalue weighted by atomic mass is 32.2. The third-order valence-electron chi connectivity index (χ3n) is 3.16. The van der Waals surface area contributed by atoms with E-state index in [0.717, 1.165) is 0 Å². The maximum atomic E-state index is 12.3. The first-order valence-electron chi connectivity index (χ1n) is 6.42. The van der Waals surface area contributed by atoms with Crippen molar-refractivity contribution >= 4 is 31.6 Å². The van der Waals surface area contributed by atoms with Gasteiger partial charge in [-0.05, 0) is 18.4 Å². The Balaban J connectivity index is 1.79. The van der Waals surface area contributed by atoms with Crippen LogP contribution < -0.4 is 10.3 Å². The average molecular weight is 339 g/mol. The topological polar surface area (TPSA) is 110 Å². The van der Waals surface area contributed by atoms with E-state index in [0.29, 0.717) is 16.0 Å². The van der Waals surface area contributed by atoms with Crippen molar-refractivity contribution < 1.29 is 8.42 Å². The molecule has 3 heterocycles. The number of nitrogens with one attached hydrogen (secondary N) is 2. The van der Waals surface area contributed by atoms with E-state index in [1.807, 2.05) is 5.38 Å². The van der Waals surface area contributed by atoms with Crippen molar-refractivity contribution in [2.45, 2.75) is 18.5 Å². The highest BCUT2D eigenvalue weighted by Crippen LogP contribution is 2.14. The van der Waals surface area contributed by atoms with Gasteiger partial charge in [-0.2, -0.15) is 0 Å². The second-order valence-electron chi connectivity index (χ2n) is 4.57. The molecule has 3 aromatic rings. The summed E-state index contributed by atoms with van der Waals surface area (Å²) in [6.07, 6.45) is 2.51. The number of fused-ring (bicyclic) bond motifs is 1. The number of nitrogens with zero attached hydrogens (tertiary/aromatic N) is 3. The van der Waals surface area contributed by atoms with Crippen LogP contribution in [-0.2, 0) is 16.6 Å². The maximum absolute atomic E-state index is 12.3. The first-order chi connectivity index (χ1) is 10.5. The van der Waals surface area contributed by atoms with Gasteiger partial charge < -0.3 is 4.98 Å². The van der Waals surface area contributed by atoms with Gasteiger partial charge in [0.15, 0.2) is 5.03 Å². The molecule has 0 spiro atoms. The molecule has 0 aromatic carbocycles. The molecule has 3 aromatic heterocycles. The summed E-state index contributed by atoms with van der Waals surface area (Å²) in [6, 6.07) is 1.72. The third-order valence-corrected chi connectivity index (χ3v) is 5.36. The molecule has 10 heteroatoms. The molecule has 8 nitrogen and oxygen atoms in total. The molecule has 0 saturated carbocycles. The van der Waals surface area contributed by atoms with E-state index in [1.54, 1.807) is 13.0 Å². The average Bonchev–Trinajstić information content (AvgIpc) is 3.12. The molecular weight excluding hydrogens is 326 g/mol. The molecule has 0 saturated heterocycles. The molecule has 0 bridgehead atoms. The van der Waals surface area contributed by atoms with Crippen molar-refractivity contribution in [2.75, 3.05) is 6.54 Å². The lowest BCUT2D eigenvalue weighted by Crippen LogP contribution is -2.32. The van der Waals surface area contributed by atoms with Gasteiger partial charge in [0, 0.05) is 13.1 Å². The molecule has 0 unspecified atom stereocenters. The van der Waals surface area contributed by atoms with E-state index >= 15 is 0 Å². The van der Waals surface area contributed by atoms with E-state index in [-0.39, 0.29) is 23.7 Å². The smallest absolute Gasteiger partial charge is 0.262 e. The first-order valence-corrected chi connectivity index (χ1v) is 8.78. The fraction of sp³-hybridized carbons (Fsp3) is 0.250. The Kier molecular flexibility index (Phi) is 3.81. The number of imidazole rings is 1. The first kappa shape index (κ1) is 14.9. The van der Waals surface area contributed by atoms with Gasteiger partial charge in [-0.3, -0.25) is 9.36 Å². The van der Waals surface area contributed by atoms with Crippen LogP contribution in [0.3, 0.4) is 0 Å². The molecule has 22 heavy (non-hydrogen) atoms. The van der Waals surface area contributed by atoms with E-state index in [9.17, 15) is 13.2 Å². The lowest BCUT2D eigenvalue weighted by molar-refractivity contribution is 0.563. The molecule has 2 N–H and O–H groups in total. The van der Waals surface area contributed by atoms with Gasteiger partial charge >= 0.3 is 0 Å². The zero-order valence-electron chi connectivity index (χ0n) is 11.6. The molecule has 0 aliphatic heterocycles. The standard InChI is InChI=1S/C12H13N5O3S2/c1-8-16-11-9(2-5-21-11)12(18)17(8)4-3-15-22(19,20)10-6-13-7-14-10/h2,5-7,15H,3-4H2,1H3,(H,13,14). The molecule has 0 aliphatic rings. The highest BCUT2D eigenvalue weighted by Gasteiger charge is 2.15. The van der Waals surface area contributed by atoms with Gasteiger partial charge in [0.25, 0.3) is 15.6 Å². The highest BCUT2D eigenvalue weighted by molar-refractivity contribution is 7.89. The molecule has 3 rings (SSSR count). The normalized spacial score (nSPS) is 12.0. The summed E-state index contributed by atoms with van der Waals surface area (Å²) >= 11 is 1.40. The summed E-state index contributed by atoms with van der Waals surface area (Å²) in [4.78, 5) is 23.6. The van der Waals surface area contributed by atoms with Crippen LogP contribution in [-0.4, -0.2) is 34.5 Å². The van der Waals surface area contributed by atoms with Gasteiger partial charge in [0.1, 0.15) is 10.7 Å².